The van der Waals surface area contributed by atoms with Gasteiger partial charge in [-0.3, -0.25) is 4.79 Å². The Hall–Kier alpha value is -2.97. The van der Waals surface area contributed by atoms with Gasteiger partial charge in [-0.1, -0.05) is 25.1 Å². The van der Waals surface area contributed by atoms with Crippen LogP contribution in [0.25, 0.3) is 0 Å². The molecule has 0 aliphatic carbocycles. The number of likely N-dealkylation sites (N-methyl/N-ethyl adjacent to an activating group) is 1. The molecule has 0 saturated heterocycles. The number of guanidine groups is 1. The molecule has 0 fully saturated rings. The average molecular weight is 389 g/mol. The summed E-state index contributed by atoms with van der Waals surface area (Å²) in [6, 6.07) is 6.69. The third-order valence-electron chi connectivity index (χ3n) is 4.17. The van der Waals surface area contributed by atoms with Crippen molar-refractivity contribution in [1.82, 2.24) is 30.3 Å². The predicted molar refractivity (Wildman–Crippen MR) is 107 cm³/mol. The Bertz CT molecular complexity index is 788. The second-order valence-electron chi connectivity index (χ2n) is 6.44. The lowest BCUT2D eigenvalue weighted by atomic mass is 10.1. The van der Waals surface area contributed by atoms with E-state index < -0.39 is 0 Å². The largest absolute Gasteiger partial charge is 0.356 e. The van der Waals surface area contributed by atoms with Crippen LogP contribution in [0.15, 0.2) is 35.6 Å². The van der Waals surface area contributed by atoms with Crippen molar-refractivity contribution in [2.75, 3.05) is 33.7 Å². The second kappa shape index (κ2) is 11.0. The summed E-state index contributed by atoms with van der Waals surface area (Å²) in [6.07, 6.45) is 3.01. The third-order valence-corrected chi connectivity index (χ3v) is 4.17. The minimum absolute atomic E-state index is 0.0366. The van der Waals surface area contributed by atoms with Gasteiger partial charge in [-0.25, -0.2) is 9.38 Å². The number of aryl methyl sites for hydroxylation is 1. The number of hydrogen-bond acceptors (Lipinski definition) is 4. The van der Waals surface area contributed by atoms with E-state index in [9.17, 15) is 9.18 Å². The Labute approximate surface area is 164 Å². The van der Waals surface area contributed by atoms with Crippen LogP contribution in [0.3, 0.4) is 0 Å². The molecule has 0 saturated carbocycles. The Morgan fingerprint density at radius 3 is 2.71 bits per heavy atom. The first-order valence-corrected chi connectivity index (χ1v) is 9.33. The van der Waals surface area contributed by atoms with Gasteiger partial charge in [0.2, 0.25) is 5.91 Å². The zero-order valence-corrected chi connectivity index (χ0v) is 16.7. The summed E-state index contributed by atoms with van der Waals surface area (Å²) in [6.45, 7) is 3.82. The van der Waals surface area contributed by atoms with Crippen LogP contribution in [0.5, 0.6) is 0 Å². The number of carbonyl (C=O) groups excluding carboxylic acids is 1. The van der Waals surface area contributed by atoms with E-state index in [0.29, 0.717) is 37.6 Å². The molecule has 1 aromatic carbocycles. The Balaban J connectivity index is 1.91. The lowest BCUT2D eigenvalue weighted by molar-refractivity contribution is -0.127. The second-order valence-corrected chi connectivity index (χ2v) is 6.44. The number of hydrogen-bond donors (Lipinski definition) is 2. The van der Waals surface area contributed by atoms with Gasteiger partial charge in [0.25, 0.3) is 0 Å². The molecular formula is C19H28FN7O. The molecule has 0 aliphatic heterocycles. The van der Waals surface area contributed by atoms with E-state index in [-0.39, 0.29) is 18.3 Å². The summed E-state index contributed by atoms with van der Waals surface area (Å²) in [5, 5.41) is 14.3. The van der Waals surface area contributed by atoms with E-state index >= 15 is 0 Å². The van der Waals surface area contributed by atoms with Crippen LogP contribution < -0.4 is 10.6 Å². The first-order chi connectivity index (χ1) is 13.5. The van der Waals surface area contributed by atoms with Crippen molar-refractivity contribution in [3.63, 3.8) is 0 Å². The highest BCUT2D eigenvalue weighted by Crippen LogP contribution is 2.06. The summed E-state index contributed by atoms with van der Waals surface area (Å²) in [5.41, 5.74) is 0.635. The Morgan fingerprint density at radius 2 is 2.00 bits per heavy atom. The van der Waals surface area contributed by atoms with E-state index in [0.717, 1.165) is 12.2 Å². The molecule has 0 aliphatic rings. The Morgan fingerprint density at radius 1 is 1.25 bits per heavy atom. The summed E-state index contributed by atoms with van der Waals surface area (Å²) >= 11 is 0. The van der Waals surface area contributed by atoms with E-state index in [4.69, 9.17) is 0 Å². The molecule has 2 N–H and O–H groups in total. The van der Waals surface area contributed by atoms with Gasteiger partial charge in [0.15, 0.2) is 5.96 Å². The topological polar surface area (TPSA) is 87.4 Å². The fourth-order valence-electron chi connectivity index (χ4n) is 2.51. The van der Waals surface area contributed by atoms with Gasteiger partial charge >= 0.3 is 0 Å². The highest BCUT2D eigenvalue weighted by atomic mass is 19.1. The van der Waals surface area contributed by atoms with Gasteiger partial charge in [0.1, 0.15) is 24.5 Å². The van der Waals surface area contributed by atoms with Crippen molar-refractivity contribution in [2.45, 2.75) is 26.3 Å². The number of aromatic nitrogens is 3. The minimum Gasteiger partial charge on any atom is -0.356 e. The van der Waals surface area contributed by atoms with Gasteiger partial charge in [-0.05, 0) is 18.1 Å². The van der Waals surface area contributed by atoms with Crippen LogP contribution in [-0.4, -0.2) is 65.3 Å². The number of nitrogens with one attached hydrogen (secondary N) is 2. The molecule has 2 rings (SSSR count). The van der Waals surface area contributed by atoms with Gasteiger partial charge in [-0.15, -0.1) is 10.2 Å². The highest BCUT2D eigenvalue weighted by molar-refractivity contribution is 5.84. The zero-order valence-electron chi connectivity index (χ0n) is 16.7. The van der Waals surface area contributed by atoms with Crippen molar-refractivity contribution in [1.29, 1.82) is 0 Å². The number of halogens is 1. The molecule has 8 nitrogen and oxygen atoms in total. The molecule has 1 aromatic heterocycles. The van der Waals surface area contributed by atoms with Crippen LogP contribution in [0.2, 0.25) is 0 Å². The summed E-state index contributed by atoms with van der Waals surface area (Å²) in [5.74, 6) is 1.11. The maximum Gasteiger partial charge on any atom is 0.243 e. The molecule has 1 amide bonds. The lowest BCUT2D eigenvalue weighted by Crippen LogP contribution is -2.41. The van der Waals surface area contributed by atoms with Crippen molar-refractivity contribution in [2.24, 2.45) is 4.99 Å². The van der Waals surface area contributed by atoms with Gasteiger partial charge in [-0.2, -0.15) is 0 Å². The SMILES string of the molecule is CCc1nncn1CCNC(=NCC(=O)N(C)C)NCCc1ccccc1F. The van der Waals surface area contributed by atoms with Gasteiger partial charge < -0.3 is 20.1 Å². The monoisotopic (exact) mass is 389 g/mol. The highest BCUT2D eigenvalue weighted by Gasteiger charge is 2.07. The maximum atomic E-state index is 13.7. The molecule has 0 atom stereocenters. The minimum atomic E-state index is -0.224. The van der Waals surface area contributed by atoms with Crippen LogP contribution in [0.1, 0.15) is 18.3 Å². The third kappa shape index (κ3) is 6.64. The van der Waals surface area contributed by atoms with Crippen molar-refractivity contribution in [3.8, 4) is 0 Å². The maximum absolute atomic E-state index is 13.7. The number of aliphatic imine (C=N–C) groups is 1. The molecule has 9 heteroatoms. The first kappa shape index (κ1) is 21.3. The molecule has 152 valence electrons. The molecule has 1 heterocycles. The quantitative estimate of drug-likeness (QED) is 0.490. The van der Waals surface area contributed by atoms with E-state index in [1.54, 1.807) is 32.6 Å². The molecule has 0 unspecified atom stereocenters. The number of rotatable bonds is 9. The molecule has 2 aromatic rings. The fourth-order valence-corrected chi connectivity index (χ4v) is 2.51. The van der Waals surface area contributed by atoms with Gasteiger partial charge in [0.05, 0.1) is 0 Å². The summed E-state index contributed by atoms with van der Waals surface area (Å²) in [7, 11) is 3.38. The molecule has 0 bridgehead atoms. The number of amides is 1. The number of benzene rings is 1. The lowest BCUT2D eigenvalue weighted by Gasteiger charge is -2.14. The van der Waals surface area contributed by atoms with E-state index in [1.165, 1.54) is 11.0 Å². The molecule has 0 spiro atoms. The van der Waals surface area contributed by atoms with Crippen molar-refractivity contribution >= 4 is 11.9 Å². The molecular weight excluding hydrogens is 361 g/mol. The zero-order chi connectivity index (χ0) is 20.4. The Kier molecular flexibility index (Phi) is 8.38. The predicted octanol–water partition coefficient (Wildman–Crippen LogP) is 0.846. The van der Waals surface area contributed by atoms with Crippen molar-refractivity contribution in [3.05, 3.63) is 47.8 Å². The first-order valence-electron chi connectivity index (χ1n) is 9.33. The van der Waals surface area contributed by atoms with E-state index in [1.807, 2.05) is 17.6 Å². The normalized spacial score (nSPS) is 11.4. The van der Waals surface area contributed by atoms with Crippen LogP contribution in [0, 0.1) is 5.82 Å². The van der Waals surface area contributed by atoms with Crippen LogP contribution in [0.4, 0.5) is 4.39 Å². The standard InChI is InChI=1S/C19H28FN7O/c1-4-17-25-24-14-27(17)12-11-22-19(23-13-18(28)26(2)3)21-10-9-15-7-5-6-8-16(15)20/h5-8,14H,4,9-13H2,1-3H3,(H2,21,22,23). The smallest absolute Gasteiger partial charge is 0.243 e. The molecule has 28 heavy (non-hydrogen) atoms. The summed E-state index contributed by atoms with van der Waals surface area (Å²) in [4.78, 5) is 17.6. The van der Waals surface area contributed by atoms with Crippen LogP contribution in [-0.2, 0) is 24.2 Å². The fraction of sp³-hybridized carbons (Fsp3) is 0.474. The number of carbonyl (C=O) groups is 1. The van der Waals surface area contributed by atoms with E-state index in [2.05, 4.69) is 25.8 Å². The average Bonchev–Trinajstić information content (AvgIpc) is 3.14. The van der Waals surface area contributed by atoms with Gasteiger partial charge in [0, 0.05) is 40.2 Å². The summed E-state index contributed by atoms with van der Waals surface area (Å²) < 4.78 is 15.7. The van der Waals surface area contributed by atoms with Crippen molar-refractivity contribution < 1.29 is 9.18 Å². The van der Waals surface area contributed by atoms with Crippen LogP contribution >= 0.6 is 0 Å². The molecule has 0 radical (unpaired) electrons. The number of nitrogens with zero attached hydrogens (tertiary/aromatic N) is 5.